The number of halogens is 1. The third-order valence-corrected chi connectivity index (χ3v) is 10.2. The molecule has 1 amide bonds. The average molecular weight is 715 g/mol. The van der Waals surface area contributed by atoms with Crippen molar-refractivity contribution in [1.82, 2.24) is 5.32 Å². The number of benzene rings is 1. The lowest BCUT2D eigenvalue weighted by Crippen LogP contribution is -2.43. The van der Waals surface area contributed by atoms with Gasteiger partial charge < -0.3 is 14.8 Å². The zero-order valence-electron chi connectivity index (χ0n) is 32.5. The van der Waals surface area contributed by atoms with Crippen molar-refractivity contribution in [3.8, 4) is 11.5 Å². The molecule has 2 aromatic rings. The molecule has 50 heavy (non-hydrogen) atoms. The Bertz CT molecular complexity index is 1110. The predicted molar refractivity (Wildman–Crippen MR) is 212 cm³/mol. The highest BCUT2D eigenvalue weighted by Crippen LogP contribution is 2.30. The maximum absolute atomic E-state index is 13.5. The summed E-state index contributed by atoms with van der Waals surface area (Å²) in [7, 11) is 0. The van der Waals surface area contributed by atoms with Gasteiger partial charge in [0.25, 0.3) is 5.91 Å². The minimum absolute atomic E-state index is 0.0800. The molecular weight excluding hydrogens is 640 g/mol. The van der Waals surface area contributed by atoms with Crippen molar-refractivity contribution in [1.29, 1.82) is 0 Å². The number of hydrogen-bond acceptors (Lipinski definition) is 3. The topological polar surface area (TPSA) is 51.4 Å². The second-order valence-corrected chi connectivity index (χ2v) is 14.7. The normalized spacial score (nSPS) is 11.8. The number of carbonyl (C=O) groups excluding carboxylic acids is 1. The van der Waals surface area contributed by atoms with E-state index in [4.69, 9.17) is 21.1 Å². The van der Waals surface area contributed by atoms with Crippen LogP contribution in [0.3, 0.4) is 0 Å². The van der Waals surface area contributed by atoms with E-state index in [0.29, 0.717) is 36.1 Å². The van der Waals surface area contributed by atoms with Crippen LogP contribution in [0.15, 0.2) is 42.6 Å². The molecule has 0 aliphatic carbocycles. The van der Waals surface area contributed by atoms with Crippen LogP contribution >= 0.6 is 11.6 Å². The minimum atomic E-state index is -0.569. The number of nitrogens with zero attached hydrogens (tertiary/aromatic N) is 1. The first-order chi connectivity index (χ1) is 24.6. The first-order valence-electron chi connectivity index (χ1n) is 20.9. The van der Waals surface area contributed by atoms with E-state index in [1.165, 1.54) is 135 Å². The van der Waals surface area contributed by atoms with E-state index < -0.39 is 6.10 Å². The second-order valence-electron chi connectivity index (χ2n) is 14.3. The van der Waals surface area contributed by atoms with Crippen molar-refractivity contribution < 1.29 is 18.8 Å². The summed E-state index contributed by atoms with van der Waals surface area (Å²) in [5.41, 5.74) is 1.07. The van der Waals surface area contributed by atoms with Gasteiger partial charge in [0.15, 0.2) is 12.3 Å². The molecule has 0 aliphatic rings. The quantitative estimate of drug-likeness (QED) is 0.0592. The molecule has 284 valence electrons. The van der Waals surface area contributed by atoms with Gasteiger partial charge in [-0.15, -0.1) is 0 Å². The Morgan fingerprint density at radius 1 is 0.680 bits per heavy atom. The van der Waals surface area contributed by atoms with Crippen LogP contribution < -0.4 is 19.4 Å². The van der Waals surface area contributed by atoms with Crippen molar-refractivity contribution >= 4 is 17.5 Å². The molecule has 5 nitrogen and oxygen atoms in total. The van der Waals surface area contributed by atoms with E-state index in [1.807, 2.05) is 30.5 Å². The van der Waals surface area contributed by atoms with Crippen LogP contribution in [0.1, 0.15) is 187 Å². The summed E-state index contributed by atoms with van der Waals surface area (Å²) >= 11 is 6.63. The number of hydrogen-bond donors (Lipinski definition) is 1. The van der Waals surface area contributed by atoms with Crippen LogP contribution in [-0.4, -0.2) is 18.6 Å². The molecule has 1 aromatic heterocycles. The van der Waals surface area contributed by atoms with Gasteiger partial charge in [-0.2, -0.15) is 0 Å². The Labute approximate surface area is 312 Å². The van der Waals surface area contributed by atoms with Crippen molar-refractivity contribution in [2.75, 3.05) is 6.61 Å². The standard InChI is InChI=1S/C44H73ClN2O3/c1-4-7-9-11-13-15-17-18-19-20-21-23-25-27-32-43(44(48)46-38-39-31-28-29-35-47(39)6-3)50-40-33-34-42(41(45)37-40)49-36-30-26-24-22-16-14-12-10-8-5-2/h28-29,31,33-35,37,43H,4-27,30,32,36,38H2,1-3H3/p+1. The average Bonchev–Trinajstić information content (AvgIpc) is 3.13. The zero-order chi connectivity index (χ0) is 35.9. The van der Waals surface area contributed by atoms with E-state index in [2.05, 4.69) is 36.7 Å². The number of aryl methyl sites for hydroxylation is 1. The molecule has 0 fully saturated rings. The summed E-state index contributed by atoms with van der Waals surface area (Å²) in [5.74, 6) is 1.20. The molecule has 6 heteroatoms. The fraction of sp³-hybridized carbons (Fsp3) is 0.727. The smallest absolute Gasteiger partial charge is 0.261 e. The molecular formula is C44H74ClN2O3+. The molecule has 1 aromatic carbocycles. The van der Waals surface area contributed by atoms with Gasteiger partial charge in [-0.05, 0) is 38.3 Å². The van der Waals surface area contributed by atoms with Crippen LogP contribution in [0.4, 0.5) is 0 Å². The number of rotatable bonds is 33. The Kier molecular flexibility index (Phi) is 26.7. The van der Waals surface area contributed by atoms with Gasteiger partial charge in [0.2, 0.25) is 5.69 Å². The van der Waals surface area contributed by atoms with Crippen LogP contribution in [0.5, 0.6) is 11.5 Å². The lowest BCUT2D eigenvalue weighted by molar-refractivity contribution is -0.701. The molecule has 0 radical (unpaired) electrons. The number of nitrogens with one attached hydrogen (secondary N) is 1. The Morgan fingerprint density at radius 3 is 1.72 bits per heavy atom. The van der Waals surface area contributed by atoms with Gasteiger partial charge in [0.1, 0.15) is 24.6 Å². The van der Waals surface area contributed by atoms with Crippen LogP contribution in [0.2, 0.25) is 5.02 Å². The summed E-state index contributed by atoms with van der Waals surface area (Å²) in [4.78, 5) is 13.5. The third kappa shape index (κ3) is 21.2. The molecule has 2 rings (SSSR count). The molecule has 0 saturated heterocycles. The summed E-state index contributed by atoms with van der Waals surface area (Å²) < 4.78 is 14.5. The van der Waals surface area contributed by atoms with E-state index in [9.17, 15) is 4.79 Å². The number of amides is 1. The highest BCUT2D eigenvalue weighted by molar-refractivity contribution is 6.32. The minimum Gasteiger partial charge on any atom is -0.492 e. The molecule has 1 atom stereocenters. The van der Waals surface area contributed by atoms with E-state index in [1.54, 1.807) is 6.07 Å². The molecule has 1 N–H and O–H groups in total. The van der Waals surface area contributed by atoms with Crippen molar-refractivity contribution in [3.05, 3.63) is 53.3 Å². The molecule has 0 bridgehead atoms. The van der Waals surface area contributed by atoms with Gasteiger partial charge in [-0.3, -0.25) is 4.79 Å². The highest BCUT2D eigenvalue weighted by atomic mass is 35.5. The number of ether oxygens (including phenoxy) is 2. The van der Waals surface area contributed by atoms with Gasteiger partial charge in [0, 0.05) is 18.2 Å². The SMILES string of the molecule is CCCCCCCCCCCCCCCCC(Oc1ccc(OCCCCCCCCCCCC)c(Cl)c1)C(=O)NCc1cccc[n+]1CC. The first kappa shape index (κ1) is 43.9. The fourth-order valence-electron chi connectivity index (χ4n) is 6.65. The molecule has 1 unspecified atom stereocenters. The Hall–Kier alpha value is -2.27. The largest absolute Gasteiger partial charge is 0.492 e. The maximum atomic E-state index is 13.5. The zero-order valence-corrected chi connectivity index (χ0v) is 33.2. The van der Waals surface area contributed by atoms with Gasteiger partial charge in [-0.1, -0.05) is 173 Å². The van der Waals surface area contributed by atoms with Gasteiger partial charge in [0.05, 0.1) is 11.6 Å². The lowest BCUT2D eigenvalue weighted by atomic mass is 10.0. The summed E-state index contributed by atoms with van der Waals surface area (Å²) in [6.45, 7) is 8.66. The predicted octanol–water partition coefficient (Wildman–Crippen LogP) is 12.9. The fourth-order valence-corrected chi connectivity index (χ4v) is 6.87. The molecule has 0 saturated carbocycles. The molecule has 0 aliphatic heterocycles. The van der Waals surface area contributed by atoms with E-state index >= 15 is 0 Å². The van der Waals surface area contributed by atoms with Crippen LogP contribution in [0.25, 0.3) is 0 Å². The van der Waals surface area contributed by atoms with Gasteiger partial charge >= 0.3 is 0 Å². The van der Waals surface area contributed by atoms with E-state index in [-0.39, 0.29) is 5.91 Å². The summed E-state index contributed by atoms with van der Waals surface area (Å²) in [5, 5.41) is 3.67. The first-order valence-corrected chi connectivity index (χ1v) is 21.3. The third-order valence-electron chi connectivity index (χ3n) is 9.87. The maximum Gasteiger partial charge on any atom is 0.261 e. The van der Waals surface area contributed by atoms with Crippen molar-refractivity contribution in [2.45, 2.75) is 200 Å². The van der Waals surface area contributed by atoms with Crippen molar-refractivity contribution in [3.63, 3.8) is 0 Å². The van der Waals surface area contributed by atoms with Crippen LogP contribution in [-0.2, 0) is 17.9 Å². The Balaban J connectivity index is 1.76. The van der Waals surface area contributed by atoms with Crippen molar-refractivity contribution in [2.24, 2.45) is 0 Å². The summed E-state index contributed by atoms with van der Waals surface area (Å²) in [6.07, 6.45) is 33.5. The van der Waals surface area contributed by atoms with Crippen LogP contribution in [0, 0.1) is 0 Å². The number of unbranched alkanes of at least 4 members (excludes halogenated alkanes) is 22. The Morgan fingerprint density at radius 2 is 1.20 bits per heavy atom. The summed E-state index contributed by atoms with van der Waals surface area (Å²) in [6, 6.07) is 11.6. The highest BCUT2D eigenvalue weighted by Gasteiger charge is 2.22. The van der Waals surface area contributed by atoms with Gasteiger partial charge in [-0.25, -0.2) is 4.57 Å². The monoisotopic (exact) mass is 714 g/mol. The lowest BCUT2D eigenvalue weighted by Gasteiger charge is -2.19. The van der Waals surface area contributed by atoms with E-state index in [0.717, 1.165) is 31.5 Å². The second kappa shape index (κ2) is 30.4. The number of carbonyl (C=O) groups is 1. The molecule has 1 heterocycles. The number of aromatic nitrogens is 1. The molecule has 0 spiro atoms. The number of pyridine rings is 1.